The molecule has 2 aromatic rings. The van der Waals surface area contributed by atoms with Crippen LogP contribution in [0.15, 0.2) is 22.7 Å². The van der Waals surface area contributed by atoms with Crippen molar-refractivity contribution in [3.05, 3.63) is 29.6 Å². The maximum Gasteiger partial charge on any atom is 0.343 e. The lowest BCUT2D eigenvalue weighted by Gasteiger charge is -2.17. The number of hydrogen-bond acceptors (Lipinski definition) is 5. The number of halogens is 1. The molecule has 1 heterocycles. The van der Waals surface area contributed by atoms with Crippen molar-refractivity contribution in [1.29, 1.82) is 0 Å². The Balaban J connectivity index is 1.79. The first-order valence-corrected chi connectivity index (χ1v) is 9.29. The molecule has 0 saturated heterocycles. The highest BCUT2D eigenvalue weighted by molar-refractivity contribution is 5.99. The van der Waals surface area contributed by atoms with Crippen molar-refractivity contribution in [2.75, 3.05) is 25.6 Å². The van der Waals surface area contributed by atoms with E-state index in [4.69, 9.17) is 9.26 Å². The molecule has 1 N–H and O–H groups in total. The minimum Gasteiger partial charge on any atom is -0.494 e. The van der Waals surface area contributed by atoms with Crippen LogP contribution in [0.2, 0.25) is 0 Å². The molecule has 0 amide bonds. The van der Waals surface area contributed by atoms with E-state index in [2.05, 4.69) is 5.16 Å². The van der Waals surface area contributed by atoms with Crippen LogP contribution in [0.3, 0.4) is 0 Å². The van der Waals surface area contributed by atoms with E-state index in [1.54, 1.807) is 0 Å². The Kier molecular flexibility index (Phi) is 5.98. The Labute approximate surface area is 157 Å². The first kappa shape index (κ1) is 19.2. The van der Waals surface area contributed by atoms with Gasteiger partial charge in [-0.25, -0.2) is 9.18 Å². The number of carboxylic acids is 1. The van der Waals surface area contributed by atoms with Gasteiger partial charge in [0, 0.05) is 19.2 Å². The van der Waals surface area contributed by atoms with E-state index >= 15 is 0 Å². The van der Waals surface area contributed by atoms with Crippen LogP contribution in [0.5, 0.6) is 5.75 Å². The Bertz CT molecular complexity index is 799. The third-order valence-corrected chi connectivity index (χ3v) is 5.24. The Morgan fingerprint density at radius 3 is 2.81 bits per heavy atom. The molecule has 1 aliphatic rings. The molecule has 1 aliphatic carbocycles. The number of nitrogens with zero attached hydrogens (tertiary/aromatic N) is 2. The summed E-state index contributed by atoms with van der Waals surface area (Å²) >= 11 is 0. The van der Waals surface area contributed by atoms with Crippen molar-refractivity contribution < 1.29 is 23.6 Å². The van der Waals surface area contributed by atoms with Gasteiger partial charge in [0.15, 0.2) is 28.7 Å². The molecule has 7 heteroatoms. The molecule has 3 rings (SSSR count). The van der Waals surface area contributed by atoms with Gasteiger partial charge in [-0.05, 0) is 37.0 Å². The Morgan fingerprint density at radius 2 is 2.15 bits per heavy atom. The van der Waals surface area contributed by atoms with Crippen LogP contribution in [0.1, 0.15) is 48.9 Å². The molecule has 1 fully saturated rings. The number of aromatic nitrogens is 1. The molecule has 0 atom stereocenters. The van der Waals surface area contributed by atoms with E-state index in [0.29, 0.717) is 12.1 Å². The first-order chi connectivity index (χ1) is 13.0. The summed E-state index contributed by atoms with van der Waals surface area (Å²) in [6.07, 6.45) is 7.35. The van der Waals surface area contributed by atoms with Gasteiger partial charge < -0.3 is 19.3 Å². The van der Waals surface area contributed by atoms with Crippen molar-refractivity contribution in [3.63, 3.8) is 0 Å². The third-order valence-electron chi connectivity index (χ3n) is 5.24. The first-order valence-electron chi connectivity index (χ1n) is 9.29. The zero-order valence-corrected chi connectivity index (χ0v) is 15.7. The molecule has 0 aliphatic heterocycles. The number of hydrogen-bond donors (Lipinski definition) is 1. The number of carboxylic acid groups (broad SMARTS) is 1. The summed E-state index contributed by atoms with van der Waals surface area (Å²) in [6, 6.07) is 4.08. The van der Waals surface area contributed by atoms with Crippen LogP contribution in [0, 0.1) is 11.7 Å². The summed E-state index contributed by atoms with van der Waals surface area (Å²) in [5, 5.41) is 13.7. The van der Waals surface area contributed by atoms with Gasteiger partial charge in [-0.3, -0.25) is 0 Å². The molecule has 27 heavy (non-hydrogen) atoms. The molecule has 1 saturated carbocycles. The standard InChI is InChI=1S/C20H25FN2O4/c1-23(11-5-8-13-6-3-4-7-13)19-17(20(24)25)18(27-22-19)14-9-10-15(21)16(12-14)26-2/h9-10,12-13H,3-8,11H2,1-2H3,(H,24,25). The predicted molar refractivity (Wildman–Crippen MR) is 99.9 cm³/mol. The molecule has 146 valence electrons. The van der Waals surface area contributed by atoms with Crippen molar-refractivity contribution >= 4 is 11.8 Å². The average molecular weight is 376 g/mol. The summed E-state index contributed by atoms with van der Waals surface area (Å²) in [4.78, 5) is 13.7. The number of anilines is 1. The maximum absolute atomic E-state index is 13.6. The number of carbonyl (C=O) groups is 1. The van der Waals surface area contributed by atoms with E-state index in [1.807, 2.05) is 11.9 Å². The largest absolute Gasteiger partial charge is 0.494 e. The van der Waals surface area contributed by atoms with E-state index in [1.165, 1.54) is 51.0 Å². The molecule has 0 bridgehead atoms. The monoisotopic (exact) mass is 376 g/mol. The molecule has 6 nitrogen and oxygen atoms in total. The number of ether oxygens (including phenoxy) is 1. The normalized spacial score (nSPS) is 14.5. The fourth-order valence-corrected chi connectivity index (χ4v) is 3.76. The number of rotatable bonds is 8. The predicted octanol–water partition coefficient (Wildman–Crippen LogP) is 4.59. The van der Waals surface area contributed by atoms with Gasteiger partial charge >= 0.3 is 5.97 Å². The molecular formula is C20H25FN2O4. The lowest BCUT2D eigenvalue weighted by Crippen LogP contribution is -2.21. The minimum atomic E-state index is -1.13. The quantitative estimate of drug-likeness (QED) is 0.726. The van der Waals surface area contributed by atoms with E-state index in [9.17, 15) is 14.3 Å². The molecular weight excluding hydrogens is 351 g/mol. The lowest BCUT2D eigenvalue weighted by molar-refractivity contribution is 0.0698. The Morgan fingerprint density at radius 1 is 1.41 bits per heavy atom. The summed E-state index contributed by atoms with van der Waals surface area (Å²) in [6.45, 7) is 0.704. The van der Waals surface area contributed by atoms with Gasteiger partial charge in [0.05, 0.1) is 7.11 Å². The van der Waals surface area contributed by atoms with Crippen molar-refractivity contribution in [2.45, 2.75) is 38.5 Å². The van der Waals surface area contributed by atoms with E-state index < -0.39 is 11.8 Å². The molecule has 0 unspecified atom stereocenters. The fourth-order valence-electron chi connectivity index (χ4n) is 3.76. The molecule has 0 spiro atoms. The Hall–Kier alpha value is -2.57. The zero-order chi connectivity index (χ0) is 19.4. The van der Waals surface area contributed by atoms with Crippen molar-refractivity contribution in [1.82, 2.24) is 5.16 Å². The highest BCUT2D eigenvalue weighted by atomic mass is 19.1. The van der Waals surface area contributed by atoms with Gasteiger partial charge in [-0.15, -0.1) is 0 Å². The summed E-state index contributed by atoms with van der Waals surface area (Å²) in [5.41, 5.74) is 0.385. The highest BCUT2D eigenvalue weighted by Gasteiger charge is 2.27. The van der Waals surface area contributed by atoms with Crippen LogP contribution in [0.4, 0.5) is 10.2 Å². The number of benzene rings is 1. The number of aromatic carboxylic acids is 1. The third kappa shape index (κ3) is 4.23. The van der Waals surface area contributed by atoms with Gasteiger partial charge in [-0.1, -0.05) is 30.8 Å². The lowest BCUT2D eigenvalue weighted by atomic mass is 10.0. The van der Waals surface area contributed by atoms with Gasteiger partial charge in [-0.2, -0.15) is 0 Å². The highest BCUT2D eigenvalue weighted by Crippen LogP contribution is 2.34. The second-order valence-electron chi connectivity index (χ2n) is 7.08. The summed E-state index contributed by atoms with van der Waals surface area (Å²) in [5.74, 6) is -0.469. The van der Waals surface area contributed by atoms with Crippen LogP contribution in [-0.2, 0) is 0 Å². The van der Waals surface area contributed by atoms with Crippen LogP contribution in [-0.4, -0.2) is 36.9 Å². The van der Waals surface area contributed by atoms with Crippen LogP contribution < -0.4 is 9.64 Å². The second kappa shape index (κ2) is 8.41. The van der Waals surface area contributed by atoms with E-state index in [-0.39, 0.29) is 22.9 Å². The van der Waals surface area contributed by atoms with Crippen LogP contribution >= 0.6 is 0 Å². The van der Waals surface area contributed by atoms with Crippen molar-refractivity contribution in [3.8, 4) is 17.1 Å². The molecule has 1 aromatic carbocycles. The summed E-state index contributed by atoms with van der Waals surface area (Å²) in [7, 11) is 3.16. The number of methoxy groups -OCH3 is 1. The summed E-state index contributed by atoms with van der Waals surface area (Å²) < 4.78 is 24.0. The fraction of sp³-hybridized carbons (Fsp3) is 0.500. The average Bonchev–Trinajstić information content (AvgIpc) is 3.31. The van der Waals surface area contributed by atoms with Crippen molar-refractivity contribution in [2.24, 2.45) is 5.92 Å². The topological polar surface area (TPSA) is 75.8 Å². The second-order valence-corrected chi connectivity index (χ2v) is 7.08. The smallest absolute Gasteiger partial charge is 0.343 e. The van der Waals surface area contributed by atoms with Crippen LogP contribution in [0.25, 0.3) is 11.3 Å². The molecule has 0 radical (unpaired) electrons. The SMILES string of the molecule is COc1cc(-c2onc(N(C)CCCC3CCCC3)c2C(=O)O)ccc1F. The zero-order valence-electron chi connectivity index (χ0n) is 15.7. The van der Waals surface area contributed by atoms with Gasteiger partial charge in [0.1, 0.15) is 0 Å². The van der Waals surface area contributed by atoms with Gasteiger partial charge in [0.25, 0.3) is 0 Å². The minimum absolute atomic E-state index is 0.0201. The van der Waals surface area contributed by atoms with Gasteiger partial charge in [0.2, 0.25) is 0 Å². The maximum atomic E-state index is 13.6. The molecule has 1 aromatic heterocycles. The van der Waals surface area contributed by atoms with E-state index in [0.717, 1.165) is 18.8 Å².